The first-order chi connectivity index (χ1) is 10.1. The third kappa shape index (κ3) is 2.86. The van der Waals surface area contributed by atoms with Crippen LogP contribution in [0.3, 0.4) is 0 Å². The smallest absolute Gasteiger partial charge is 0.162 e. The molecule has 3 N–H and O–H groups in total. The van der Waals surface area contributed by atoms with Gasteiger partial charge in [0.05, 0.1) is 10.2 Å². The summed E-state index contributed by atoms with van der Waals surface area (Å²) in [6.07, 6.45) is 3.50. The van der Waals surface area contributed by atoms with E-state index in [0.717, 1.165) is 27.2 Å². The van der Waals surface area contributed by atoms with E-state index < -0.39 is 0 Å². The van der Waals surface area contributed by atoms with Crippen molar-refractivity contribution in [2.24, 2.45) is 5.73 Å². The standard InChI is InChI=1S/C15H17N5S/c1-9-8-21-13-12(9)19-14(11-3-5-17-6-4-11)20-15(13)18-7-10(2)16/h3-6,8,10H,7,16H2,1-2H3,(H,18,19,20)/t10-/m0/s1. The minimum absolute atomic E-state index is 0.0699. The van der Waals surface area contributed by atoms with Crippen molar-refractivity contribution in [2.45, 2.75) is 19.9 Å². The van der Waals surface area contributed by atoms with Gasteiger partial charge in [0.15, 0.2) is 5.82 Å². The lowest BCUT2D eigenvalue weighted by Crippen LogP contribution is -2.25. The van der Waals surface area contributed by atoms with Gasteiger partial charge in [0.2, 0.25) is 0 Å². The highest BCUT2D eigenvalue weighted by atomic mass is 32.1. The normalized spacial score (nSPS) is 12.5. The lowest BCUT2D eigenvalue weighted by Gasteiger charge is -2.11. The summed E-state index contributed by atoms with van der Waals surface area (Å²) in [5.41, 5.74) is 8.95. The van der Waals surface area contributed by atoms with Crippen molar-refractivity contribution in [2.75, 3.05) is 11.9 Å². The molecule has 0 aromatic carbocycles. The number of hydrogen-bond donors (Lipinski definition) is 2. The summed E-state index contributed by atoms with van der Waals surface area (Å²) in [5.74, 6) is 1.56. The maximum Gasteiger partial charge on any atom is 0.162 e. The van der Waals surface area contributed by atoms with Crippen molar-refractivity contribution in [1.29, 1.82) is 0 Å². The molecule has 0 saturated carbocycles. The minimum Gasteiger partial charge on any atom is -0.367 e. The van der Waals surface area contributed by atoms with E-state index in [1.807, 2.05) is 19.1 Å². The summed E-state index contributed by atoms with van der Waals surface area (Å²) in [6.45, 7) is 4.71. The summed E-state index contributed by atoms with van der Waals surface area (Å²) in [7, 11) is 0. The van der Waals surface area contributed by atoms with E-state index >= 15 is 0 Å². The maximum atomic E-state index is 5.83. The first kappa shape index (κ1) is 13.9. The highest BCUT2D eigenvalue weighted by Crippen LogP contribution is 2.31. The van der Waals surface area contributed by atoms with Crippen molar-refractivity contribution >= 4 is 27.4 Å². The van der Waals surface area contributed by atoms with Crippen LogP contribution in [0.15, 0.2) is 29.9 Å². The predicted molar refractivity (Wildman–Crippen MR) is 87.5 cm³/mol. The number of anilines is 1. The highest BCUT2D eigenvalue weighted by molar-refractivity contribution is 7.18. The van der Waals surface area contributed by atoms with Crippen LogP contribution in [0, 0.1) is 6.92 Å². The van der Waals surface area contributed by atoms with Crippen molar-refractivity contribution in [3.05, 3.63) is 35.5 Å². The van der Waals surface area contributed by atoms with Crippen molar-refractivity contribution < 1.29 is 0 Å². The molecule has 0 saturated heterocycles. The summed E-state index contributed by atoms with van der Waals surface area (Å²) in [4.78, 5) is 13.4. The Morgan fingerprint density at radius 1 is 1.29 bits per heavy atom. The molecular weight excluding hydrogens is 282 g/mol. The van der Waals surface area contributed by atoms with E-state index in [1.165, 1.54) is 0 Å². The molecule has 21 heavy (non-hydrogen) atoms. The fraction of sp³-hybridized carbons (Fsp3) is 0.267. The van der Waals surface area contributed by atoms with Crippen LogP contribution in [0.2, 0.25) is 0 Å². The van der Waals surface area contributed by atoms with Crippen LogP contribution in [0.1, 0.15) is 12.5 Å². The Morgan fingerprint density at radius 3 is 2.76 bits per heavy atom. The number of hydrogen-bond acceptors (Lipinski definition) is 6. The third-order valence-corrected chi connectivity index (χ3v) is 4.22. The van der Waals surface area contributed by atoms with Crippen LogP contribution >= 0.6 is 11.3 Å². The molecule has 108 valence electrons. The number of thiophene rings is 1. The summed E-state index contributed by atoms with van der Waals surface area (Å²) in [6, 6.07) is 3.90. The molecule has 0 amide bonds. The van der Waals surface area contributed by atoms with Gasteiger partial charge in [-0.05, 0) is 36.9 Å². The molecule has 5 nitrogen and oxygen atoms in total. The average molecular weight is 299 g/mol. The number of rotatable bonds is 4. The number of aromatic nitrogens is 3. The molecule has 3 heterocycles. The quantitative estimate of drug-likeness (QED) is 0.774. The fourth-order valence-electron chi connectivity index (χ4n) is 2.04. The van der Waals surface area contributed by atoms with E-state index in [2.05, 4.69) is 27.6 Å². The molecule has 0 aliphatic carbocycles. The molecule has 0 radical (unpaired) electrons. The Labute approximate surface area is 127 Å². The largest absolute Gasteiger partial charge is 0.367 e. The predicted octanol–water partition coefficient (Wildman–Crippen LogP) is 2.82. The molecule has 0 unspecified atom stereocenters. The first-order valence-corrected chi connectivity index (χ1v) is 7.69. The number of nitrogens with two attached hydrogens (primary N) is 1. The second-order valence-electron chi connectivity index (χ2n) is 5.09. The van der Waals surface area contributed by atoms with Gasteiger partial charge in [0, 0.05) is 30.5 Å². The van der Waals surface area contributed by atoms with Gasteiger partial charge in [-0.15, -0.1) is 11.3 Å². The zero-order chi connectivity index (χ0) is 14.8. The Bertz CT molecular complexity index is 751. The van der Waals surface area contributed by atoms with Gasteiger partial charge in [0.25, 0.3) is 0 Å². The summed E-state index contributed by atoms with van der Waals surface area (Å²) >= 11 is 1.66. The molecule has 3 aromatic heterocycles. The van der Waals surface area contributed by atoms with Crippen LogP contribution in [-0.4, -0.2) is 27.5 Å². The molecule has 1 atom stereocenters. The monoisotopic (exact) mass is 299 g/mol. The Hall–Kier alpha value is -2.05. The lowest BCUT2D eigenvalue weighted by atomic mass is 10.2. The number of pyridine rings is 1. The number of fused-ring (bicyclic) bond motifs is 1. The molecule has 3 aromatic rings. The van der Waals surface area contributed by atoms with Crippen LogP contribution in [0.4, 0.5) is 5.82 Å². The number of nitrogens with one attached hydrogen (secondary N) is 1. The molecule has 6 heteroatoms. The second kappa shape index (κ2) is 5.75. The minimum atomic E-state index is 0.0699. The van der Waals surface area contributed by atoms with Gasteiger partial charge >= 0.3 is 0 Å². The Kier molecular flexibility index (Phi) is 3.81. The number of aryl methyl sites for hydroxylation is 1. The van der Waals surface area contributed by atoms with E-state index in [4.69, 9.17) is 10.7 Å². The molecule has 0 aliphatic rings. The number of nitrogens with zero attached hydrogens (tertiary/aromatic N) is 3. The Morgan fingerprint density at radius 2 is 2.05 bits per heavy atom. The fourth-order valence-corrected chi connectivity index (χ4v) is 2.99. The molecule has 0 spiro atoms. The van der Waals surface area contributed by atoms with Crippen LogP contribution in [-0.2, 0) is 0 Å². The first-order valence-electron chi connectivity index (χ1n) is 6.81. The topological polar surface area (TPSA) is 76.7 Å². The van der Waals surface area contributed by atoms with E-state index in [-0.39, 0.29) is 6.04 Å². The second-order valence-corrected chi connectivity index (χ2v) is 5.97. The summed E-state index contributed by atoms with van der Waals surface area (Å²) in [5, 5.41) is 5.43. The van der Waals surface area contributed by atoms with Gasteiger partial charge < -0.3 is 11.1 Å². The van der Waals surface area contributed by atoms with E-state index in [0.29, 0.717) is 12.4 Å². The molecule has 0 fully saturated rings. The SMILES string of the molecule is Cc1csc2c(NC[C@H](C)N)nc(-c3ccncc3)nc12. The van der Waals surface area contributed by atoms with Gasteiger partial charge in [0.1, 0.15) is 5.82 Å². The van der Waals surface area contributed by atoms with Crippen LogP contribution < -0.4 is 11.1 Å². The Balaban J connectivity index is 2.11. The van der Waals surface area contributed by atoms with Gasteiger partial charge in [-0.3, -0.25) is 4.98 Å². The highest BCUT2D eigenvalue weighted by Gasteiger charge is 2.13. The van der Waals surface area contributed by atoms with Crippen molar-refractivity contribution in [3.8, 4) is 11.4 Å². The van der Waals surface area contributed by atoms with E-state index in [1.54, 1.807) is 23.7 Å². The summed E-state index contributed by atoms with van der Waals surface area (Å²) < 4.78 is 1.07. The van der Waals surface area contributed by atoms with E-state index in [9.17, 15) is 0 Å². The molecule has 0 aliphatic heterocycles. The maximum absolute atomic E-state index is 5.83. The zero-order valence-corrected chi connectivity index (χ0v) is 12.8. The van der Waals surface area contributed by atoms with Crippen molar-refractivity contribution in [3.63, 3.8) is 0 Å². The van der Waals surface area contributed by atoms with Gasteiger partial charge in [-0.2, -0.15) is 0 Å². The molecule has 0 bridgehead atoms. The van der Waals surface area contributed by atoms with Gasteiger partial charge in [-0.1, -0.05) is 0 Å². The van der Waals surface area contributed by atoms with Gasteiger partial charge in [-0.25, -0.2) is 9.97 Å². The molecule has 3 rings (SSSR count). The van der Waals surface area contributed by atoms with Crippen LogP contribution in [0.25, 0.3) is 21.6 Å². The molecular formula is C15H17N5S. The van der Waals surface area contributed by atoms with Crippen molar-refractivity contribution in [1.82, 2.24) is 15.0 Å². The van der Waals surface area contributed by atoms with Crippen LogP contribution in [0.5, 0.6) is 0 Å². The third-order valence-electron chi connectivity index (χ3n) is 3.12. The zero-order valence-electron chi connectivity index (χ0n) is 12.0. The lowest BCUT2D eigenvalue weighted by molar-refractivity contribution is 0.778. The average Bonchev–Trinajstić information content (AvgIpc) is 2.87.